The van der Waals surface area contributed by atoms with Crippen LogP contribution in [0.15, 0.2) is 53.0 Å². The van der Waals surface area contributed by atoms with Gasteiger partial charge in [0.25, 0.3) is 0 Å². The summed E-state index contributed by atoms with van der Waals surface area (Å²) in [4.78, 5) is 0. The van der Waals surface area contributed by atoms with Gasteiger partial charge in [-0.3, -0.25) is 0 Å². The van der Waals surface area contributed by atoms with Crippen molar-refractivity contribution in [2.45, 2.75) is 30.8 Å². The molecule has 2 nitrogen and oxygen atoms in total. The highest BCUT2D eigenvalue weighted by molar-refractivity contribution is 9.10. The second-order valence-electron chi connectivity index (χ2n) is 5.76. The molecule has 0 saturated carbocycles. The lowest BCUT2D eigenvalue weighted by atomic mass is 9.67. The van der Waals surface area contributed by atoms with Crippen molar-refractivity contribution >= 4 is 15.9 Å². The fourth-order valence-corrected chi connectivity index (χ4v) is 3.78. The average molecular weight is 342 g/mol. The van der Waals surface area contributed by atoms with Gasteiger partial charge in [0.2, 0.25) is 0 Å². The Labute approximate surface area is 133 Å². The van der Waals surface area contributed by atoms with Crippen LogP contribution in [0.1, 0.15) is 30.0 Å². The molecule has 0 spiro atoms. The molecule has 0 fully saturated rings. The van der Waals surface area contributed by atoms with E-state index in [2.05, 4.69) is 22.0 Å². The first-order valence-corrected chi connectivity index (χ1v) is 7.79. The van der Waals surface area contributed by atoms with Gasteiger partial charge in [-0.05, 0) is 48.6 Å². The quantitative estimate of drug-likeness (QED) is 0.894. The molecule has 0 amide bonds. The van der Waals surface area contributed by atoms with Crippen LogP contribution in [-0.4, -0.2) is 5.11 Å². The van der Waals surface area contributed by atoms with Crippen LogP contribution in [0.2, 0.25) is 0 Å². The second kappa shape index (κ2) is 4.98. The molecule has 1 N–H and O–H groups in total. The molecule has 0 saturated heterocycles. The maximum absolute atomic E-state index is 11.3. The molecule has 0 bridgehead atoms. The molecule has 1 aliphatic carbocycles. The minimum atomic E-state index is -1.24. The van der Waals surface area contributed by atoms with Crippen LogP contribution in [0.25, 0.3) is 0 Å². The van der Waals surface area contributed by atoms with Gasteiger partial charge in [-0.25, -0.2) is 0 Å². The Balaban J connectivity index is 2.19. The molecule has 2 aromatic rings. The van der Waals surface area contributed by atoms with Gasteiger partial charge in [0.15, 0.2) is 0 Å². The highest BCUT2D eigenvalue weighted by Crippen LogP contribution is 2.50. The Bertz CT molecular complexity index is 732. The highest BCUT2D eigenvalue weighted by Gasteiger charge is 2.53. The molecular formula is C18H16BrNO. The molecule has 1 aliphatic rings. The zero-order chi connectivity index (χ0) is 15.1. The minimum absolute atomic E-state index is 0.641. The first-order valence-electron chi connectivity index (χ1n) is 6.99. The van der Waals surface area contributed by atoms with Crippen LogP contribution >= 0.6 is 15.9 Å². The van der Waals surface area contributed by atoms with Crippen LogP contribution in [0, 0.1) is 11.3 Å². The molecule has 2 atom stereocenters. The van der Waals surface area contributed by atoms with E-state index in [1.165, 1.54) is 0 Å². The van der Waals surface area contributed by atoms with Gasteiger partial charge >= 0.3 is 0 Å². The van der Waals surface area contributed by atoms with Gasteiger partial charge in [-0.15, -0.1) is 0 Å². The van der Waals surface area contributed by atoms with Gasteiger partial charge in [0.05, 0.1) is 6.07 Å². The van der Waals surface area contributed by atoms with Crippen molar-refractivity contribution < 1.29 is 5.11 Å². The van der Waals surface area contributed by atoms with E-state index in [9.17, 15) is 10.4 Å². The Morgan fingerprint density at radius 1 is 1.24 bits per heavy atom. The van der Waals surface area contributed by atoms with Gasteiger partial charge in [0, 0.05) is 4.47 Å². The van der Waals surface area contributed by atoms with Crippen molar-refractivity contribution in [2.75, 3.05) is 0 Å². The summed E-state index contributed by atoms with van der Waals surface area (Å²) in [6, 6.07) is 17.9. The lowest BCUT2D eigenvalue weighted by Crippen LogP contribution is -2.44. The molecule has 3 heteroatoms. The highest BCUT2D eigenvalue weighted by atomic mass is 79.9. The van der Waals surface area contributed by atoms with Crippen LogP contribution in [0.5, 0.6) is 0 Å². The number of nitrogens with zero attached hydrogens (tertiary/aromatic N) is 1. The van der Waals surface area contributed by atoms with Crippen LogP contribution in [-0.2, 0) is 17.4 Å². The van der Waals surface area contributed by atoms with Crippen LogP contribution in [0.3, 0.4) is 0 Å². The smallest absolute Gasteiger partial charge is 0.115 e. The molecule has 0 radical (unpaired) electrons. The van der Waals surface area contributed by atoms with Gasteiger partial charge < -0.3 is 5.11 Å². The fourth-order valence-electron chi connectivity index (χ4n) is 3.38. The average Bonchev–Trinajstić information content (AvgIpc) is 2.88. The van der Waals surface area contributed by atoms with E-state index in [0.717, 1.165) is 27.6 Å². The summed E-state index contributed by atoms with van der Waals surface area (Å²) < 4.78 is 0.902. The predicted octanol–water partition coefficient (Wildman–Crippen LogP) is 4.06. The Kier molecular flexibility index (Phi) is 3.39. The van der Waals surface area contributed by atoms with E-state index in [-0.39, 0.29) is 0 Å². The Morgan fingerprint density at radius 3 is 2.71 bits per heavy atom. The maximum atomic E-state index is 11.3. The number of halogens is 1. The molecule has 2 unspecified atom stereocenters. The van der Waals surface area contributed by atoms with Crippen LogP contribution < -0.4 is 0 Å². The number of nitriles is 1. The third-order valence-electron chi connectivity index (χ3n) is 4.66. The largest absolute Gasteiger partial charge is 0.383 e. The monoisotopic (exact) mass is 341 g/mol. The van der Waals surface area contributed by atoms with Gasteiger partial charge in [-0.1, -0.05) is 52.3 Å². The Hall–Kier alpha value is -1.63. The van der Waals surface area contributed by atoms with E-state index < -0.39 is 11.0 Å². The summed E-state index contributed by atoms with van der Waals surface area (Å²) in [6.45, 7) is 1.75. The summed E-state index contributed by atoms with van der Waals surface area (Å²) >= 11 is 3.44. The summed E-state index contributed by atoms with van der Waals surface area (Å²) in [6.07, 6.45) is 1.47. The van der Waals surface area contributed by atoms with Crippen molar-refractivity contribution in [3.05, 3.63) is 69.7 Å². The minimum Gasteiger partial charge on any atom is -0.383 e. The SMILES string of the molecule is CC(O)(c1cccc(Br)c1)C1(C#N)CCc2ccccc21. The van der Waals surface area contributed by atoms with Crippen molar-refractivity contribution in [1.29, 1.82) is 5.26 Å². The number of hydrogen-bond acceptors (Lipinski definition) is 2. The van der Waals surface area contributed by atoms with Crippen LogP contribution in [0.4, 0.5) is 0 Å². The molecule has 0 heterocycles. The number of rotatable bonds is 2. The van der Waals surface area contributed by atoms with E-state index in [1.54, 1.807) is 6.92 Å². The number of fused-ring (bicyclic) bond motifs is 1. The number of hydrogen-bond donors (Lipinski definition) is 1. The third kappa shape index (κ3) is 2.02. The van der Waals surface area contributed by atoms with E-state index in [1.807, 2.05) is 48.5 Å². The fraction of sp³-hybridized carbons (Fsp3) is 0.278. The summed E-state index contributed by atoms with van der Waals surface area (Å²) in [5.41, 5.74) is 0.740. The summed E-state index contributed by atoms with van der Waals surface area (Å²) in [5.74, 6) is 0. The standard InChI is InChI=1S/C18H16BrNO/c1-17(21,14-6-4-7-15(19)11-14)18(12-20)10-9-13-5-2-3-8-16(13)18/h2-8,11,21H,9-10H2,1H3. The lowest BCUT2D eigenvalue weighted by molar-refractivity contribution is -0.00414. The maximum Gasteiger partial charge on any atom is 0.115 e. The van der Waals surface area contributed by atoms with Gasteiger partial charge in [0.1, 0.15) is 11.0 Å². The zero-order valence-electron chi connectivity index (χ0n) is 11.8. The lowest BCUT2D eigenvalue weighted by Gasteiger charge is -2.38. The molecule has 2 aromatic carbocycles. The molecule has 0 aromatic heterocycles. The van der Waals surface area contributed by atoms with E-state index in [4.69, 9.17) is 0 Å². The van der Waals surface area contributed by atoms with E-state index >= 15 is 0 Å². The summed E-state index contributed by atoms with van der Waals surface area (Å²) in [5, 5.41) is 21.2. The first-order chi connectivity index (χ1) is 10.0. The second-order valence-corrected chi connectivity index (χ2v) is 6.67. The normalized spacial score (nSPS) is 23.1. The van der Waals surface area contributed by atoms with Crippen molar-refractivity contribution in [1.82, 2.24) is 0 Å². The summed E-state index contributed by atoms with van der Waals surface area (Å²) in [7, 11) is 0. The Morgan fingerprint density at radius 2 is 2.00 bits per heavy atom. The zero-order valence-corrected chi connectivity index (χ0v) is 13.4. The third-order valence-corrected chi connectivity index (χ3v) is 5.15. The van der Waals surface area contributed by atoms with E-state index in [0.29, 0.717) is 6.42 Å². The topological polar surface area (TPSA) is 44.0 Å². The molecule has 0 aliphatic heterocycles. The number of aryl methyl sites for hydroxylation is 1. The van der Waals surface area contributed by atoms with Crippen molar-refractivity contribution in [3.8, 4) is 6.07 Å². The number of aliphatic hydroxyl groups is 1. The predicted molar refractivity (Wildman–Crippen MR) is 85.8 cm³/mol. The van der Waals surface area contributed by atoms with Crippen molar-refractivity contribution in [2.24, 2.45) is 0 Å². The molecular weight excluding hydrogens is 326 g/mol. The van der Waals surface area contributed by atoms with Crippen molar-refractivity contribution in [3.63, 3.8) is 0 Å². The molecule has 21 heavy (non-hydrogen) atoms. The molecule has 3 rings (SSSR count). The first kappa shape index (κ1) is 14.3. The molecule has 106 valence electrons. The van der Waals surface area contributed by atoms with Gasteiger partial charge in [-0.2, -0.15) is 5.26 Å². The number of benzene rings is 2.